The highest BCUT2D eigenvalue weighted by Crippen LogP contribution is 2.41. The van der Waals surface area contributed by atoms with E-state index >= 15 is 0 Å². The molecule has 1 N–H and O–H groups in total. The summed E-state index contributed by atoms with van der Waals surface area (Å²) in [5.41, 5.74) is 1.87. The molecule has 0 spiro atoms. The maximum absolute atomic E-state index is 12.8. The van der Waals surface area contributed by atoms with Gasteiger partial charge in [0.05, 0.1) is 6.61 Å². The Balaban J connectivity index is 3.42. The second-order valence-corrected chi connectivity index (χ2v) is 9.59. The van der Waals surface area contributed by atoms with E-state index in [1.54, 1.807) is 0 Å². The van der Waals surface area contributed by atoms with Crippen LogP contribution in [0.1, 0.15) is 104 Å². The zero-order valence-corrected chi connectivity index (χ0v) is 19.1. The third-order valence-corrected chi connectivity index (χ3v) is 4.79. The first-order chi connectivity index (χ1) is 12.9. The Labute approximate surface area is 171 Å². The second-order valence-electron chi connectivity index (χ2n) is 9.59. The lowest BCUT2D eigenvalue weighted by atomic mass is 9.78. The van der Waals surface area contributed by atoms with E-state index in [9.17, 15) is 9.90 Å². The summed E-state index contributed by atoms with van der Waals surface area (Å²) >= 11 is 0. The number of benzene rings is 1. The highest BCUT2D eigenvalue weighted by Gasteiger charge is 2.31. The van der Waals surface area contributed by atoms with Crippen LogP contribution in [0.2, 0.25) is 0 Å². The molecule has 0 saturated carbocycles. The minimum atomic E-state index is -0.772. The lowest BCUT2D eigenvalue weighted by molar-refractivity contribution is -0.158. The largest absolute Gasteiger partial charge is 0.507 e. The zero-order chi connectivity index (χ0) is 21.5. The summed E-state index contributed by atoms with van der Waals surface area (Å²) in [5, 5.41) is 10.9. The van der Waals surface area contributed by atoms with Gasteiger partial charge >= 0.3 is 5.97 Å². The minimum Gasteiger partial charge on any atom is -0.507 e. The highest BCUT2D eigenvalue weighted by molar-refractivity contribution is 5.77. The molecular formula is C24H40O4. The molecule has 0 saturated heterocycles. The Hall–Kier alpha value is -1.55. The normalized spacial score (nSPS) is 13.4. The van der Waals surface area contributed by atoms with Crippen molar-refractivity contribution < 1.29 is 19.4 Å². The Morgan fingerprint density at radius 1 is 0.929 bits per heavy atom. The molecule has 4 nitrogen and oxygen atoms in total. The van der Waals surface area contributed by atoms with Crippen molar-refractivity contribution in [2.75, 3.05) is 13.2 Å². The Morgan fingerprint density at radius 2 is 1.39 bits per heavy atom. The van der Waals surface area contributed by atoms with Gasteiger partial charge in [0.25, 0.3) is 0 Å². The van der Waals surface area contributed by atoms with Crippen LogP contribution < -0.4 is 0 Å². The van der Waals surface area contributed by atoms with Crippen LogP contribution in [-0.4, -0.2) is 24.3 Å². The molecule has 0 amide bonds. The smallest absolute Gasteiger partial charge is 0.339 e. The van der Waals surface area contributed by atoms with Gasteiger partial charge < -0.3 is 14.6 Å². The molecule has 0 aromatic heterocycles. The summed E-state index contributed by atoms with van der Waals surface area (Å²) in [7, 11) is 0. The molecule has 0 fully saturated rings. The first kappa shape index (κ1) is 24.5. The minimum absolute atomic E-state index is 0.264. The van der Waals surface area contributed by atoms with E-state index < -0.39 is 6.10 Å². The van der Waals surface area contributed by atoms with Crippen LogP contribution in [0, 0.1) is 0 Å². The predicted octanol–water partition coefficient (Wildman–Crippen LogP) is 6.19. The molecule has 1 aromatic rings. The molecule has 1 aromatic carbocycles. The molecule has 0 heterocycles. The van der Waals surface area contributed by atoms with E-state index in [2.05, 4.69) is 55.4 Å². The van der Waals surface area contributed by atoms with Gasteiger partial charge in [-0.2, -0.15) is 0 Å². The van der Waals surface area contributed by atoms with Crippen molar-refractivity contribution in [3.05, 3.63) is 28.8 Å². The molecule has 160 valence electrons. The van der Waals surface area contributed by atoms with E-state index in [0.717, 1.165) is 42.4 Å². The number of ether oxygens (including phenoxy) is 2. The average Bonchev–Trinajstić information content (AvgIpc) is 2.57. The maximum atomic E-state index is 12.8. The van der Waals surface area contributed by atoms with Gasteiger partial charge in [0.15, 0.2) is 6.10 Å². The summed E-state index contributed by atoms with van der Waals surface area (Å²) in [6.45, 7) is 17.4. The molecule has 28 heavy (non-hydrogen) atoms. The number of aromatic hydroxyl groups is 1. The number of phenols is 1. The first-order valence-corrected chi connectivity index (χ1v) is 10.6. The first-order valence-electron chi connectivity index (χ1n) is 10.6. The standard InChI is InChI=1S/C24H40O4/c1-9-11-13-27-21(22(26)28-14-12-10-2)17-15-18(23(3,4)5)20(25)19(16-17)24(6,7)8/h15-16,21,25H,9-14H2,1-8H3. The lowest BCUT2D eigenvalue weighted by Crippen LogP contribution is -2.23. The Kier molecular flexibility index (Phi) is 9.00. The molecule has 0 aliphatic heterocycles. The predicted molar refractivity (Wildman–Crippen MR) is 115 cm³/mol. The number of unbranched alkanes of at least 4 members (excludes halogenated alkanes) is 2. The molecule has 0 aliphatic rings. The molecule has 1 atom stereocenters. The summed E-state index contributed by atoms with van der Waals surface area (Å²) in [6.07, 6.45) is 2.91. The SMILES string of the molecule is CCCCOC(=O)C(OCCCC)c1cc(C(C)(C)C)c(O)c(C(C)(C)C)c1. The fourth-order valence-corrected chi connectivity index (χ4v) is 2.99. The fraction of sp³-hybridized carbons (Fsp3) is 0.708. The third kappa shape index (κ3) is 6.80. The number of hydrogen-bond acceptors (Lipinski definition) is 4. The van der Waals surface area contributed by atoms with E-state index in [4.69, 9.17) is 9.47 Å². The van der Waals surface area contributed by atoms with Gasteiger partial charge in [-0.25, -0.2) is 4.79 Å². The van der Waals surface area contributed by atoms with E-state index in [-0.39, 0.29) is 16.8 Å². The van der Waals surface area contributed by atoms with Gasteiger partial charge in [0, 0.05) is 6.61 Å². The van der Waals surface area contributed by atoms with Gasteiger partial charge in [-0.15, -0.1) is 0 Å². The third-order valence-electron chi connectivity index (χ3n) is 4.79. The summed E-state index contributed by atoms with van der Waals surface area (Å²) in [5.74, 6) is -0.0506. The molecular weight excluding hydrogens is 352 g/mol. The molecule has 1 unspecified atom stereocenters. The van der Waals surface area contributed by atoms with Gasteiger partial charge in [-0.3, -0.25) is 0 Å². The van der Waals surface area contributed by atoms with Crippen molar-refractivity contribution in [1.82, 2.24) is 0 Å². The van der Waals surface area contributed by atoms with Crippen LogP contribution in [0.4, 0.5) is 0 Å². The van der Waals surface area contributed by atoms with Crippen LogP contribution >= 0.6 is 0 Å². The van der Waals surface area contributed by atoms with Crippen LogP contribution in [0.5, 0.6) is 5.75 Å². The number of esters is 1. The molecule has 0 aliphatic carbocycles. The lowest BCUT2D eigenvalue weighted by Gasteiger charge is -2.29. The van der Waals surface area contributed by atoms with Gasteiger partial charge in [0.2, 0.25) is 0 Å². The average molecular weight is 393 g/mol. The van der Waals surface area contributed by atoms with Crippen molar-refractivity contribution in [2.45, 2.75) is 98.0 Å². The number of carbonyl (C=O) groups excluding carboxylic acids is 1. The summed E-state index contributed by atoms with van der Waals surface area (Å²) < 4.78 is 11.5. The fourth-order valence-electron chi connectivity index (χ4n) is 2.99. The molecule has 4 heteroatoms. The van der Waals surface area contributed by atoms with Gasteiger partial charge in [-0.1, -0.05) is 68.2 Å². The van der Waals surface area contributed by atoms with Crippen molar-refractivity contribution in [3.8, 4) is 5.75 Å². The van der Waals surface area contributed by atoms with Crippen LogP contribution in [0.15, 0.2) is 12.1 Å². The van der Waals surface area contributed by atoms with Crippen molar-refractivity contribution in [3.63, 3.8) is 0 Å². The van der Waals surface area contributed by atoms with Crippen molar-refractivity contribution in [2.24, 2.45) is 0 Å². The van der Waals surface area contributed by atoms with Crippen LogP contribution in [0.3, 0.4) is 0 Å². The zero-order valence-electron chi connectivity index (χ0n) is 19.1. The van der Waals surface area contributed by atoms with E-state index in [0.29, 0.717) is 19.0 Å². The second kappa shape index (κ2) is 10.3. The summed E-state index contributed by atoms with van der Waals surface area (Å²) in [6, 6.07) is 3.81. The highest BCUT2D eigenvalue weighted by atomic mass is 16.6. The van der Waals surface area contributed by atoms with Gasteiger partial charge in [0.1, 0.15) is 5.75 Å². The van der Waals surface area contributed by atoms with E-state index in [1.807, 2.05) is 12.1 Å². The molecule has 0 bridgehead atoms. The maximum Gasteiger partial charge on any atom is 0.339 e. The number of phenolic OH excluding ortho intramolecular Hbond substituents is 1. The number of carbonyl (C=O) groups is 1. The monoisotopic (exact) mass is 392 g/mol. The van der Waals surface area contributed by atoms with Crippen LogP contribution in [-0.2, 0) is 25.1 Å². The van der Waals surface area contributed by atoms with Crippen LogP contribution in [0.25, 0.3) is 0 Å². The Morgan fingerprint density at radius 3 is 1.82 bits per heavy atom. The molecule has 0 radical (unpaired) electrons. The summed E-state index contributed by atoms with van der Waals surface area (Å²) in [4.78, 5) is 12.8. The quantitative estimate of drug-likeness (QED) is 0.402. The number of rotatable bonds is 9. The van der Waals surface area contributed by atoms with E-state index in [1.165, 1.54) is 0 Å². The Bertz CT molecular complexity index is 600. The van der Waals surface area contributed by atoms with Crippen molar-refractivity contribution >= 4 is 5.97 Å². The number of hydrogen-bond donors (Lipinski definition) is 1. The topological polar surface area (TPSA) is 55.8 Å². The van der Waals surface area contributed by atoms with Gasteiger partial charge in [-0.05, 0) is 52.5 Å². The van der Waals surface area contributed by atoms with Crippen molar-refractivity contribution in [1.29, 1.82) is 0 Å². The molecule has 1 rings (SSSR count).